The zero-order chi connectivity index (χ0) is 14.3. The summed E-state index contributed by atoms with van der Waals surface area (Å²) in [6.07, 6.45) is 0.601. The summed E-state index contributed by atoms with van der Waals surface area (Å²) < 4.78 is 9.84. The Kier molecular flexibility index (Phi) is 6.11. The average Bonchev–Trinajstić information content (AvgIpc) is 2.39. The van der Waals surface area contributed by atoms with Crippen LogP contribution >= 0.6 is 0 Å². The van der Waals surface area contributed by atoms with Crippen LogP contribution in [0, 0.1) is 0 Å². The maximum Gasteiger partial charge on any atom is 0.255 e. The fraction of sp³-hybridized carbons (Fsp3) is 0.462. The molecule has 0 aliphatic heterocycles. The van der Waals surface area contributed by atoms with Crippen LogP contribution in [0.15, 0.2) is 18.2 Å². The number of nitrogens with two attached hydrogens (primary N) is 1. The number of hydrogen-bond acceptors (Lipinski definition) is 5. The van der Waals surface area contributed by atoms with E-state index >= 15 is 0 Å². The van der Waals surface area contributed by atoms with Gasteiger partial charge in [0, 0.05) is 19.7 Å². The van der Waals surface area contributed by atoms with Crippen molar-refractivity contribution in [1.29, 1.82) is 0 Å². The molecular weight excluding hydrogens is 248 g/mol. The number of ether oxygens (including phenoxy) is 2. The van der Waals surface area contributed by atoms with Crippen molar-refractivity contribution in [3.63, 3.8) is 0 Å². The highest BCUT2D eigenvalue weighted by molar-refractivity contribution is 5.97. The number of carbonyl (C=O) groups excluding carboxylic acids is 1. The molecule has 6 nitrogen and oxygen atoms in total. The summed E-state index contributed by atoms with van der Waals surface area (Å²) in [6, 6.07) is 4.64. The van der Waals surface area contributed by atoms with Crippen molar-refractivity contribution < 1.29 is 19.4 Å². The Hall–Kier alpha value is -1.79. The first-order valence-electron chi connectivity index (χ1n) is 5.98. The molecule has 0 aliphatic carbocycles. The molecule has 0 saturated heterocycles. The number of carbonyl (C=O) groups is 1. The number of nitrogens with one attached hydrogen (secondary N) is 1. The summed E-state index contributed by atoms with van der Waals surface area (Å²) in [4.78, 5) is 11.9. The second kappa shape index (κ2) is 7.60. The molecule has 0 heterocycles. The van der Waals surface area contributed by atoms with Crippen molar-refractivity contribution in [3.8, 4) is 11.5 Å². The number of rotatable bonds is 7. The number of aromatic hydroxyl groups is 1. The third-order valence-corrected chi connectivity index (χ3v) is 2.64. The highest BCUT2D eigenvalue weighted by Crippen LogP contribution is 2.29. The van der Waals surface area contributed by atoms with Crippen molar-refractivity contribution >= 4 is 5.91 Å². The molecule has 0 bridgehead atoms. The summed E-state index contributed by atoms with van der Waals surface area (Å²) in [5, 5.41) is 12.5. The van der Waals surface area contributed by atoms with E-state index in [9.17, 15) is 9.90 Å². The molecule has 1 amide bonds. The SMILES string of the molecule is COCC(N)CCNC(=O)c1cccc(OC)c1O. The molecule has 0 spiro atoms. The zero-order valence-corrected chi connectivity index (χ0v) is 11.2. The normalized spacial score (nSPS) is 11.9. The van der Waals surface area contributed by atoms with Crippen molar-refractivity contribution in [2.75, 3.05) is 27.4 Å². The second-order valence-electron chi connectivity index (χ2n) is 4.12. The van der Waals surface area contributed by atoms with Crippen LogP contribution in [-0.4, -0.2) is 44.4 Å². The molecule has 6 heteroatoms. The number of para-hydroxylation sites is 1. The molecule has 4 N–H and O–H groups in total. The summed E-state index contributed by atoms with van der Waals surface area (Å²) in [7, 11) is 3.01. The molecule has 19 heavy (non-hydrogen) atoms. The maximum atomic E-state index is 11.9. The van der Waals surface area contributed by atoms with Crippen LogP contribution in [0.25, 0.3) is 0 Å². The second-order valence-corrected chi connectivity index (χ2v) is 4.12. The van der Waals surface area contributed by atoms with Crippen LogP contribution in [0.3, 0.4) is 0 Å². The van der Waals surface area contributed by atoms with E-state index in [4.69, 9.17) is 15.2 Å². The van der Waals surface area contributed by atoms with Gasteiger partial charge in [0.2, 0.25) is 0 Å². The molecule has 0 fully saturated rings. The quantitative estimate of drug-likeness (QED) is 0.669. The van der Waals surface area contributed by atoms with Gasteiger partial charge in [-0.05, 0) is 18.6 Å². The van der Waals surface area contributed by atoms with E-state index in [0.717, 1.165) is 0 Å². The Morgan fingerprint density at radius 3 is 2.84 bits per heavy atom. The van der Waals surface area contributed by atoms with E-state index in [0.29, 0.717) is 19.6 Å². The van der Waals surface area contributed by atoms with Gasteiger partial charge in [0.1, 0.15) is 0 Å². The van der Waals surface area contributed by atoms with Gasteiger partial charge in [0.05, 0.1) is 19.3 Å². The Morgan fingerprint density at radius 2 is 2.21 bits per heavy atom. The van der Waals surface area contributed by atoms with Crippen LogP contribution in [0.4, 0.5) is 0 Å². The molecular formula is C13H20N2O4. The number of benzene rings is 1. The van der Waals surface area contributed by atoms with Gasteiger partial charge in [-0.2, -0.15) is 0 Å². The van der Waals surface area contributed by atoms with Crippen LogP contribution in [0.1, 0.15) is 16.8 Å². The highest BCUT2D eigenvalue weighted by atomic mass is 16.5. The zero-order valence-electron chi connectivity index (χ0n) is 11.2. The van der Waals surface area contributed by atoms with Gasteiger partial charge in [0.25, 0.3) is 5.91 Å². The van der Waals surface area contributed by atoms with E-state index in [1.165, 1.54) is 13.2 Å². The van der Waals surface area contributed by atoms with Crippen molar-refractivity contribution in [1.82, 2.24) is 5.32 Å². The van der Waals surface area contributed by atoms with E-state index in [-0.39, 0.29) is 29.0 Å². The van der Waals surface area contributed by atoms with Gasteiger partial charge < -0.3 is 25.6 Å². The lowest BCUT2D eigenvalue weighted by Crippen LogP contribution is -2.32. The highest BCUT2D eigenvalue weighted by Gasteiger charge is 2.14. The number of phenolic OH excluding ortho intramolecular Hbond substituents is 1. The third-order valence-electron chi connectivity index (χ3n) is 2.64. The maximum absolute atomic E-state index is 11.9. The first-order chi connectivity index (χ1) is 9.10. The monoisotopic (exact) mass is 268 g/mol. The predicted molar refractivity (Wildman–Crippen MR) is 71.5 cm³/mol. The summed E-state index contributed by atoms with van der Waals surface area (Å²) in [5.74, 6) is -0.256. The number of hydrogen-bond donors (Lipinski definition) is 3. The molecule has 0 radical (unpaired) electrons. The van der Waals surface area contributed by atoms with Gasteiger partial charge >= 0.3 is 0 Å². The lowest BCUT2D eigenvalue weighted by molar-refractivity contribution is 0.0947. The lowest BCUT2D eigenvalue weighted by Gasteiger charge is -2.12. The third kappa shape index (κ3) is 4.42. The molecule has 0 aromatic heterocycles. The predicted octanol–water partition coefficient (Wildman–Crippen LogP) is 0.494. The number of phenols is 1. The Labute approximate surface area is 112 Å². The summed E-state index contributed by atoms with van der Waals surface area (Å²) in [5.41, 5.74) is 5.92. The molecule has 1 unspecified atom stereocenters. The minimum absolute atomic E-state index is 0.121. The van der Waals surface area contributed by atoms with Crippen LogP contribution < -0.4 is 15.8 Å². The molecule has 1 aromatic carbocycles. The van der Waals surface area contributed by atoms with Gasteiger partial charge in [-0.1, -0.05) is 6.07 Å². The van der Waals surface area contributed by atoms with E-state index in [1.54, 1.807) is 19.2 Å². The Balaban J connectivity index is 2.54. The smallest absolute Gasteiger partial charge is 0.255 e. The fourth-order valence-electron chi connectivity index (χ4n) is 1.63. The first-order valence-corrected chi connectivity index (χ1v) is 5.98. The summed E-state index contributed by atoms with van der Waals surface area (Å²) in [6.45, 7) is 0.861. The van der Waals surface area contributed by atoms with Gasteiger partial charge in [-0.3, -0.25) is 4.79 Å². The molecule has 1 rings (SSSR count). The molecule has 1 atom stereocenters. The van der Waals surface area contributed by atoms with E-state index in [2.05, 4.69) is 5.32 Å². The van der Waals surface area contributed by atoms with Crippen LogP contribution in [0.2, 0.25) is 0 Å². The molecule has 106 valence electrons. The molecule has 0 aliphatic rings. The van der Waals surface area contributed by atoms with Gasteiger partial charge in [-0.15, -0.1) is 0 Å². The lowest BCUT2D eigenvalue weighted by atomic mass is 10.1. The minimum Gasteiger partial charge on any atom is -0.504 e. The van der Waals surface area contributed by atoms with Crippen molar-refractivity contribution in [2.45, 2.75) is 12.5 Å². The average molecular weight is 268 g/mol. The van der Waals surface area contributed by atoms with Gasteiger partial charge in [-0.25, -0.2) is 0 Å². The number of amides is 1. The standard InChI is InChI=1S/C13H20N2O4/c1-18-8-9(14)6-7-15-13(17)10-4-3-5-11(19-2)12(10)16/h3-5,9,16H,6-8,14H2,1-2H3,(H,15,17). The van der Waals surface area contributed by atoms with Crippen LogP contribution in [-0.2, 0) is 4.74 Å². The fourth-order valence-corrected chi connectivity index (χ4v) is 1.63. The topological polar surface area (TPSA) is 93.8 Å². The van der Waals surface area contributed by atoms with E-state index < -0.39 is 0 Å². The van der Waals surface area contributed by atoms with Crippen molar-refractivity contribution in [2.24, 2.45) is 5.73 Å². The first kappa shape index (κ1) is 15.3. The van der Waals surface area contributed by atoms with Crippen molar-refractivity contribution in [3.05, 3.63) is 23.8 Å². The Bertz CT molecular complexity index is 423. The Morgan fingerprint density at radius 1 is 1.47 bits per heavy atom. The van der Waals surface area contributed by atoms with Crippen LogP contribution in [0.5, 0.6) is 11.5 Å². The number of methoxy groups -OCH3 is 2. The van der Waals surface area contributed by atoms with E-state index in [1.807, 2.05) is 0 Å². The summed E-state index contributed by atoms with van der Waals surface area (Å²) >= 11 is 0. The largest absolute Gasteiger partial charge is 0.504 e. The molecule has 0 saturated carbocycles. The minimum atomic E-state index is -0.360. The van der Waals surface area contributed by atoms with Gasteiger partial charge in [0.15, 0.2) is 11.5 Å². The molecule has 1 aromatic rings.